The quantitative estimate of drug-likeness (QED) is 0.485. The molecule has 0 radical (unpaired) electrons. The SMILES string of the molecule is Nc1nc(F)c(-c2ccc(N3CCOCC3)c(CN3CCOCC3)c2)cc1-c1cc2c(cc1F)C(=O)NCC2. The van der Waals surface area contributed by atoms with E-state index in [1.807, 2.05) is 18.2 Å². The molecule has 0 bridgehead atoms. The van der Waals surface area contributed by atoms with Crippen LogP contribution in [0.4, 0.5) is 20.3 Å². The van der Waals surface area contributed by atoms with E-state index in [9.17, 15) is 4.79 Å². The van der Waals surface area contributed by atoms with Crippen LogP contribution in [0.2, 0.25) is 0 Å². The van der Waals surface area contributed by atoms with Crippen LogP contribution in [0.25, 0.3) is 22.3 Å². The lowest BCUT2D eigenvalue weighted by molar-refractivity contribution is 0.0342. The maximum absolute atomic E-state index is 15.3. The van der Waals surface area contributed by atoms with Crippen LogP contribution < -0.4 is 16.0 Å². The van der Waals surface area contributed by atoms with Crippen molar-refractivity contribution in [3.05, 3.63) is 64.9 Å². The highest BCUT2D eigenvalue weighted by Gasteiger charge is 2.24. The molecule has 2 fully saturated rings. The summed E-state index contributed by atoms with van der Waals surface area (Å²) >= 11 is 0. The fraction of sp³-hybridized carbons (Fsp3) is 0.379. The van der Waals surface area contributed by atoms with E-state index in [4.69, 9.17) is 15.2 Å². The zero-order chi connectivity index (χ0) is 26.9. The summed E-state index contributed by atoms with van der Waals surface area (Å²) in [6.07, 6.45) is 0.573. The van der Waals surface area contributed by atoms with Crippen LogP contribution in [0.3, 0.4) is 0 Å². The Morgan fingerprint density at radius 2 is 1.64 bits per heavy atom. The minimum atomic E-state index is -0.717. The molecule has 3 aromatic rings. The number of aromatic nitrogens is 1. The van der Waals surface area contributed by atoms with Gasteiger partial charge in [-0.25, -0.2) is 9.37 Å². The molecule has 8 nitrogen and oxygen atoms in total. The van der Waals surface area contributed by atoms with E-state index in [0.29, 0.717) is 62.6 Å². The van der Waals surface area contributed by atoms with Crippen LogP contribution in [0.1, 0.15) is 21.5 Å². The number of morpholine rings is 2. The van der Waals surface area contributed by atoms with Crippen molar-refractivity contribution in [3.8, 4) is 22.3 Å². The number of hydrogen-bond donors (Lipinski definition) is 2. The van der Waals surface area contributed by atoms with Gasteiger partial charge in [0, 0.05) is 67.2 Å². The maximum Gasteiger partial charge on any atom is 0.251 e. The summed E-state index contributed by atoms with van der Waals surface area (Å²) in [7, 11) is 0. The van der Waals surface area contributed by atoms with Gasteiger partial charge in [-0.1, -0.05) is 6.07 Å². The van der Waals surface area contributed by atoms with Crippen molar-refractivity contribution in [2.75, 3.05) is 69.8 Å². The number of nitrogen functional groups attached to an aromatic ring is 1. The van der Waals surface area contributed by atoms with Crippen LogP contribution in [0.15, 0.2) is 36.4 Å². The van der Waals surface area contributed by atoms with Crippen molar-refractivity contribution in [3.63, 3.8) is 0 Å². The van der Waals surface area contributed by atoms with Crippen LogP contribution in [0.5, 0.6) is 0 Å². The van der Waals surface area contributed by atoms with Gasteiger partial charge in [0.25, 0.3) is 5.91 Å². The fourth-order valence-corrected chi connectivity index (χ4v) is 5.56. The second kappa shape index (κ2) is 10.9. The molecule has 0 atom stereocenters. The largest absolute Gasteiger partial charge is 0.383 e. The van der Waals surface area contributed by atoms with Crippen LogP contribution in [-0.2, 0) is 22.4 Å². The number of hydrogen-bond acceptors (Lipinski definition) is 7. The van der Waals surface area contributed by atoms with E-state index in [2.05, 4.69) is 20.1 Å². The number of nitrogens with two attached hydrogens (primary N) is 1. The molecular weight excluding hydrogens is 504 g/mol. The smallest absolute Gasteiger partial charge is 0.251 e. The van der Waals surface area contributed by atoms with Crippen molar-refractivity contribution in [2.24, 2.45) is 0 Å². The molecule has 2 saturated heterocycles. The molecule has 2 aromatic carbocycles. The van der Waals surface area contributed by atoms with Gasteiger partial charge in [0.15, 0.2) is 0 Å². The first-order chi connectivity index (χ1) is 19.0. The highest BCUT2D eigenvalue weighted by Crippen LogP contribution is 2.36. The molecule has 1 amide bonds. The number of pyridine rings is 1. The zero-order valence-electron chi connectivity index (χ0n) is 21.6. The summed E-state index contributed by atoms with van der Waals surface area (Å²) in [6.45, 7) is 7.07. The number of halogens is 2. The van der Waals surface area contributed by atoms with Crippen molar-refractivity contribution in [1.82, 2.24) is 15.2 Å². The molecule has 6 rings (SSSR count). The van der Waals surface area contributed by atoms with Crippen LogP contribution in [-0.4, -0.2) is 74.9 Å². The number of carbonyl (C=O) groups excluding carboxylic acids is 1. The van der Waals surface area contributed by atoms with E-state index in [-0.39, 0.29) is 22.9 Å². The molecule has 204 valence electrons. The van der Waals surface area contributed by atoms with Gasteiger partial charge in [0.1, 0.15) is 11.6 Å². The molecule has 4 heterocycles. The normalized spacial score (nSPS) is 18.1. The first-order valence-electron chi connectivity index (χ1n) is 13.3. The average molecular weight is 536 g/mol. The van der Waals surface area contributed by atoms with Gasteiger partial charge in [-0.15, -0.1) is 0 Å². The minimum absolute atomic E-state index is 0.103. The molecule has 0 saturated carbocycles. The Kier molecular flexibility index (Phi) is 7.16. The average Bonchev–Trinajstić information content (AvgIpc) is 2.95. The topological polar surface area (TPSA) is 92.9 Å². The lowest BCUT2D eigenvalue weighted by Crippen LogP contribution is -2.38. The fourth-order valence-electron chi connectivity index (χ4n) is 5.56. The van der Waals surface area contributed by atoms with Crippen molar-refractivity contribution in [1.29, 1.82) is 0 Å². The Balaban J connectivity index is 1.41. The highest BCUT2D eigenvalue weighted by molar-refractivity contribution is 5.97. The van der Waals surface area contributed by atoms with Crippen molar-refractivity contribution >= 4 is 17.4 Å². The number of nitrogens with zero attached hydrogens (tertiary/aromatic N) is 3. The highest BCUT2D eigenvalue weighted by atomic mass is 19.1. The predicted molar refractivity (Wildman–Crippen MR) is 145 cm³/mol. The lowest BCUT2D eigenvalue weighted by Gasteiger charge is -2.33. The number of amides is 1. The van der Waals surface area contributed by atoms with Gasteiger partial charge in [0.05, 0.1) is 26.4 Å². The second-order valence-electron chi connectivity index (χ2n) is 10.1. The van der Waals surface area contributed by atoms with E-state index in [1.54, 1.807) is 12.1 Å². The molecule has 3 aliphatic heterocycles. The van der Waals surface area contributed by atoms with Gasteiger partial charge >= 0.3 is 0 Å². The number of anilines is 2. The standard InChI is InChI=1S/C29H31F2N5O3/c30-25-16-22-19(3-4-33-29(22)37)14-23(25)24-15-21(27(31)34-28(24)32)18-1-2-26(36-7-11-39-12-8-36)20(13-18)17-35-5-9-38-10-6-35/h1-2,13-16H,3-12,17H2,(H2,32,34)(H,33,37). The summed E-state index contributed by atoms with van der Waals surface area (Å²) in [5.74, 6) is -1.73. The Hall–Kier alpha value is -3.60. The second-order valence-corrected chi connectivity index (χ2v) is 10.1. The van der Waals surface area contributed by atoms with E-state index in [1.165, 1.54) is 6.07 Å². The molecule has 10 heteroatoms. The molecule has 0 spiro atoms. The van der Waals surface area contributed by atoms with Gasteiger partial charge in [-0.3, -0.25) is 9.69 Å². The summed E-state index contributed by atoms with van der Waals surface area (Å²) in [6, 6.07) is 10.3. The number of rotatable bonds is 5. The van der Waals surface area contributed by atoms with Gasteiger partial charge in [-0.05, 0) is 53.4 Å². The number of ether oxygens (including phenoxy) is 2. The Bertz CT molecular complexity index is 1400. The molecule has 3 aliphatic rings. The third kappa shape index (κ3) is 5.19. The van der Waals surface area contributed by atoms with Crippen molar-refractivity contribution < 1.29 is 23.0 Å². The molecule has 0 unspecified atom stereocenters. The van der Waals surface area contributed by atoms with E-state index >= 15 is 8.78 Å². The van der Waals surface area contributed by atoms with Gasteiger partial charge in [-0.2, -0.15) is 4.39 Å². The summed E-state index contributed by atoms with van der Waals surface area (Å²) < 4.78 is 41.6. The van der Waals surface area contributed by atoms with E-state index in [0.717, 1.165) is 43.0 Å². The molecular formula is C29H31F2N5O3. The summed E-state index contributed by atoms with van der Waals surface area (Å²) in [5.41, 5.74) is 10.7. The third-order valence-corrected chi connectivity index (χ3v) is 7.65. The number of fused-ring (bicyclic) bond motifs is 1. The Labute approximate surface area is 225 Å². The third-order valence-electron chi connectivity index (χ3n) is 7.65. The Morgan fingerprint density at radius 3 is 2.41 bits per heavy atom. The maximum atomic E-state index is 15.3. The molecule has 1 aromatic heterocycles. The monoisotopic (exact) mass is 535 g/mol. The molecule has 0 aliphatic carbocycles. The number of benzene rings is 2. The summed E-state index contributed by atoms with van der Waals surface area (Å²) in [4.78, 5) is 20.8. The van der Waals surface area contributed by atoms with Crippen LogP contribution >= 0.6 is 0 Å². The summed E-state index contributed by atoms with van der Waals surface area (Å²) in [5, 5.41) is 2.72. The molecule has 3 N–H and O–H groups in total. The van der Waals surface area contributed by atoms with E-state index < -0.39 is 11.8 Å². The first kappa shape index (κ1) is 25.7. The number of carbonyl (C=O) groups is 1. The lowest BCUT2D eigenvalue weighted by atomic mass is 9.93. The number of nitrogens with one attached hydrogen (secondary N) is 1. The van der Waals surface area contributed by atoms with Crippen molar-refractivity contribution in [2.45, 2.75) is 13.0 Å². The van der Waals surface area contributed by atoms with Gasteiger partial charge in [0.2, 0.25) is 5.95 Å². The zero-order valence-corrected chi connectivity index (χ0v) is 21.6. The molecule has 39 heavy (non-hydrogen) atoms. The van der Waals surface area contributed by atoms with Gasteiger partial charge < -0.3 is 25.4 Å². The Morgan fingerprint density at radius 1 is 0.897 bits per heavy atom. The predicted octanol–water partition coefficient (Wildman–Crippen LogP) is 3.23. The van der Waals surface area contributed by atoms with Crippen LogP contribution in [0, 0.1) is 11.8 Å². The first-order valence-corrected chi connectivity index (χ1v) is 13.3. The minimum Gasteiger partial charge on any atom is -0.383 e.